The molecule has 1 aromatic rings. The molecule has 15 heavy (non-hydrogen) atoms. The van der Waals surface area contributed by atoms with Gasteiger partial charge in [0, 0.05) is 5.57 Å². The number of hydrogen-bond donors (Lipinski definition) is 1. The van der Waals surface area contributed by atoms with Gasteiger partial charge in [0.25, 0.3) is 0 Å². The van der Waals surface area contributed by atoms with Gasteiger partial charge in [0.15, 0.2) is 0 Å². The Morgan fingerprint density at radius 2 is 2.00 bits per heavy atom. The minimum Gasteiger partial charge on any atom is -0.478 e. The molecule has 1 aromatic carbocycles. The summed E-state index contributed by atoms with van der Waals surface area (Å²) in [7, 11) is 0. The van der Waals surface area contributed by atoms with E-state index >= 15 is 0 Å². The Hall–Kier alpha value is -2.08. The maximum atomic E-state index is 11.1. The molecular weight excluding hydrogens is 190 g/mol. The van der Waals surface area contributed by atoms with Crippen molar-refractivity contribution in [2.75, 3.05) is 0 Å². The van der Waals surface area contributed by atoms with Gasteiger partial charge in [-0.15, -0.1) is 0 Å². The average molecular weight is 201 g/mol. The number of carbonyl (C=O) groups is 1. The van der Waals surface area contributed by atoms with Gasteiger partial charge in [0.2, 0.25) is 0 Å². The first-order valence-electron chi connectivity index (χ1n) is 4.62. The van der Waals surface area contributed by atoms with Crippen LogP contribution in [0.25, 0.3) is 5.57 Å². The molecule has 0 fully saturated rings. The molecule has 0 radical (unpaired) electrons. The van der Waals surface area contributed by atoms with Crippen molar-refractivity contribution in [3.05, 3.63) is 41.5 Å². The summed E-state index contributed by atoms with van der Waals surface area (Å²) < 4.78 is 0. The van der Waals surface area contributed by atoms with Crippen LogP contribution in [0, 0.1) is 11.3 Å². The lowest BCUT2D eigenvalue weighted by Gasteiger charge is -2.04. The number of allylic oxidation sites excluding steroid dienone is 1. The van der Waals surface area contributed by atoms with Crippen molar-refractivity contribution in [3.8, 4) is 6.07 Å². The van der Waals surface area contributed by atoms with E-state index in [-0.39, 0.29) is 5.57 Å². The van der Waals surface area contributed by atoms with Crippen molar-refractivity contribution in [2.45, 2.75) is 13.3 Å². The van der Waals surface area contributed by atoms with E-state index in [2.05, 4.69) is 0 Å². The molecule has 0 aliphatic heterocycles. The highest BCUT2D eigenvalue weighted by Crippen LogP contribution is 2.20. The van der Waals surface area contributed by atoms with Gasteiger partial charge < -0.3 is 5.11 Å². The summed E-state index contributed by atoms with van der Waals surface area (Å²) in [4.78, 5) is 11.1. The number of hydrogen-bond acceptors (Lipinski definition) is 2. The Kier molecular flexibility index (Phi) is 3.64. The van der Waals surface area contributed by atoms with Crippen molar-refractivity contribution in [1.29, 1.82) is 5.26 Å². The van der Waals surface area contributed by atoms with Crippen LogP contribution in [0.3, 0.4) is 0 Å². The Morgan fingerprint density at radius 1 is 1.40 bits per heavy atom. The van der Waals surface area contributed by atoms with Crippen molar-refractivity contribution in [1.82, 2.24) is 0 Å². The van der Waals surface area contributed by atoms with Crippen LogP contribution in [-0.4, -0.2) is 11.1 Å². The number of benzene rings is 1. The number of carboxylic acids is 1. The summed E-state index contributed by atoms with van der Waals surface area (Å²) >= 11 is 0. The molecule has 0 aromatic heterocycles. The molecule has 3 nitrogen and oxygen atoms in total. The highest BCUT2D eigenvalue weighted by Gasteiger charge is 2.14. The van der Waals surface area contributed by atoms with Crippen LogP contribution < -0.4 is 0 Å². The van der Waals surface area contributed by atoms with Crippen molar-refractivity contribution in [2.24, 2.45) is 0 Å². The van der Waals surface area contributed by atoms with Gasteiger partial charge in [-0.25, -0.2) is 4.79 Å². The maximum absolute atomic E-state index is 11.1. The normalized spacial score (nSPS) is 11.5. The lowest BCUT2D eigenvalue weighted by Crippen LogP contribution is -2.02. The Bertz CT molecular complexity index is 427. The largest absolute Gasteiger partial charge is 0.478 e. The van der Waals surface area contributed by atoms with Gasteiger partial charge in [-0.1, -0.05) is 37.3 Å². The van der Waals surface area contributed by atoms with Gasteiger partial charge in [0.1, 0.15) is 0 Å². The van der Waals surface area contributed by atoms with Crippen LogP contribution in [0.1, 0.15) is 18.9 Å². The minimum atomic E-state index is -1.06. The quantitative estimate of drug-likeness (QED) is 0.603. The van der Waals surface area contributed by atoms with Crippen molar-refractivity contribution in [3.63, 3.8) is 0 Å². The third-order valence-corrected chi connectivity index (χ3v) is 2.07. The number of carboxylic acid groups (broad SMARTS) is 1. The van der Waals surface area contributed by atoms with Crippen LogP contribution in [0.15, 0.2) is 35.9 Å². The average Bonchev–Trinajstić information content (AvgIpc) is 2.26. The first-order chi connectivity index (χ1) is 7.20. The number of nitriles is 1. The highest BCUT2D eigenvalue weighted by atomic mass is 16.4. The Morgan fingerprint density at radius 3 is 2.40 bits per heavy atom. The second-order valence-corrected chi connectivity index (χ2v) is 2.99. The van der Waals surface area contributed by atoms with Gasteiger partial charge in [0.05, 0.1) is 11.6 Å². The SMILES string of the molecule is CC/C(C#N)=C(\C(=O)O)c1ccccc1. The van der Waals surface area contributed by atoms with Crippen LogP contribution in [0.4, 0.5) is 0 Å². The second kappa shape index (κ2) is 4.97. The standard InChI is InChI=1S/C12H11NO2/c1-2-9(8-13)11(12(14)15)10-6-4-3-5-7-10/h3-7H,2H2,1H3,(H,14,15)/b11-9+. The smallest absolute Gasteiger partial charge is 0.337 e. The molecule has 0 spiro atoms. The van der Waals surface area contributed by atoms with E-state index < -0.39 is 5.97 Å². The molecule has 0 aliphatic rings. The van der Waals surface area contributed by atoms with E-state index in [4.69, 9.17) is 10.4 Å². The zero-order chi connectivity index (χ0) is 11.3. The molecule has 1 N–H and O–H groups in total. The molecule has 0 aliphatic carbocycles. The van der Waals surface area contributed by atoms with Gasteiger partial charge in [-0.3, -0.25) is 0 Å². The summed E-state index contributed by atoms with van der Waals surface area (Å²) in [5.41, 5.74) is 0.970. The predicted octanol–water partition coefficient (Wildman–Crippen LogP) is 2.46. The van der Waals surface area contributed by atoms with Crippen LogP contribution in [0.2, 0.25) is 0 Å². The topological polar surface area (TPSA) is 61.1 Å². The molecule has 76 valence electrons. The molecule has 0 saturated heterocycles. The third-order valence-electron chi connectivity index (χ3n) is 2.07. The highest BCUT2D eigenvalue weighted by molar-refractivity contribution is 6.17. The van der Waals surface area contributed by atoms with Gasteiger partial charge in [-0.2, -0.15) is 5.26 Å². The molecule has 3 heteroatoms. The van der Waals surface area contributed by atoms with Crippen LogP contribution >= 0.6 is 0 Å². The molecule has 0 saturated carbocycles. The fraction of sp³-hybridized carbons (Fsp3) is 0.167. The Labute approximate surface area is 88.3 Å². The summed E-state index contributed by atoms with van der Waals surface area (Å²) in [5, 5.41) is 17.9. The monoisotopic (exact) mass is 201 g/mol. The Balaban J connectivity index is 3.34. The van der Waals surface area contributed by atoms with E-state index in [9.17, 15) is 4.79 Å². The first-order valence-corrected chi connectivity index (χ1v) is 4.62. The molecular formula is C12H11NO2. The van der Waals surface area contributed by atoms with E-state index in [1.54, 1.807) is 37.3 Å². The van der Waals surface area contributed by atoms with Crippen LogP contribution in [0.5, 0.6) is 0 Å². The maximum Gasteiger partial charge on any atom is 0.337 e. The zero-order valence-electron chi connectivity index (χ0n) is 8.40. The summed E-state index contributed by atoms with van der Waals surface area (Å²) in [6.45, 7) is 1.77. The number of aliphatic carboxylic acids is 1. The second-order valence-electron chi connectivity index (χ2n) is 2.99. The third kappa shape index (κ3) is 2.44. The summed E-state index contributed by atoms with van der Waals surface area (Å²) in [6.07, 6.45) is 0.424. The van der Waals surface area contributed by atoms with E-state index in [0.29, 0.717) is 17.6 Å². The van der Waals surface area contributed by atoms with Gasteiger partial charge in [-0.05, 0) is 12.0 Å². The molecule has 0 atom stereocenters. The molecule has 0 amide bonds. The molecule has 0 bridgehead atoms. The van der Waals surface area contributed by atoms with Crippen LogP contribution in [-0.2, 0) is 4.79 Å². The fourth-order valence-corrected chi connectivity index (χ4v) is 1.34. The first kappa shape index (κ1) is 11.0. The lowest BCUT2D eigenvalue weighted by molar-refractivity contribution is -0.130. The number of nitrogens with zero attached hydrogens (tertiary/aromatic N) is 1. The van der Waals surface area contributed by atoms with E-state index in [0.717, 1.165) is 0 Å². The molecule has 1 rings (SSSR count). The molecule has 0 unspecified atom stereocenters. The predicted molar refractivity (Wildman–Crippen MR) is 56.9 cm³/mol. The van der Waals surface area contributed by atoms with E-state index in [1.807, 2.05) is 6.07 Å². The zero-order valence-corrected chi connectivity index (χ0v) is 8.40. The van der Waals surface area contributed by atoms with Crippen molar-refractivity contribution < 1.29 is 9.90 Å². The van der Waals surface area contributed by atoms with Gasteiger partial charge >= 0.3 is 5.97 Å². The minimum absolute atomic E-state index is 0.0978. The van der Waals surface area contributed by atoms with Crippen molar-refractivity contribution >= 4 is 11.5 Å². The summed E-state index contributed by atoms with van der Waals surface area (Å²) in [6, 6.07) is 10.6. The number of rotatable bonds is 3. The van der Waals surface area contributed by atoms with E-state index in [1.165, 1.54) is 0 Å². The fourth-order valence-electron chi connectivity index (χ4n) is 1.34. The lowest BCUT2D eigenvalue weighted by atomic mass is 9.99. The summed E-state index contributed by atoms with van der Waals surface area (Å²) in [5.74, 6) is -1.06. The molecule has 0 heterocycles.